The molecule has 0 aliphatic rings. The molecule has 0 saturated carbocycles. The van der Waals surface area contributed by atoms with Crippen LogP contribution in [0, 0.1) is 6.92 Å². The molecule has 0 radical (unpaired) electrons. The Bertz CT molecular complexity index is 666. The fourth-order valence-electron chi connectivity index (χ4n) is 2.47. The van der Waals surface area contributed by atoms with E-state index in [-0.39, 0.29) is 11.9 Å². The van der Waals surface area contributed by atoms with E-state index in [1.165, 1.54) is 5.56 Å². The van der Waals surface area contributed by atoms with Gasteiger partial charge in [0.15, 0.2) is 11.9 Å². The van der Waals surface area contributed by atoms with Gasteiger partial charge in [0.05, 0.1) is 7.11 Å². The van der Waals surface area contributed by atoms with Crippen molar-refractivity contribution in [2.75, 3.05) is 7.11 Å². The molecule has 2 rings (SSSR count). The van der Waals surface area contributed by atoms with Crippen molar-refractivity contribution in [3.05, 3.63) is 59.4 Å². The van der Waals surface area contributed by atoms with E-state index in [1.54, 1.807) is 7.11 Å². The van der Waals surface area contributed by atoms with Gasteiger partial charge < -0.3 is 10.1 Å². The molecule has 122 valence electrons. The molecule has 1 atom stereocenters. The molecule has 0 spiro atoms. The zero-order valence-corrected chi connectivity index (χ0v) is 14.3. The predicted molar refractivity (Wildman–Crippen MR) is 90.3 cm³/mol. The van der Waals surface area contributed by atoms with Crippen LogP contribution in [0.3, 0.4) is 0 Å². The summed E-state index contributed by atoms with van der Waals surface area (Å²) >= 11 is 0. The van der Waals surface area contributed by atoms with Crippen molar-refractivity contribution in [2.45, 2.75) is 39.8 Å². The van der Waals surface area contributed by atoms with Crippen LogP contribution in [0.15, 0.2) is 42.6 Å². The van der Waals surface area contributed by atoms with E-state index in [4.69, 9.17) is 4.74 Å². The number of carbonyl (C=O) groups excluding carboxylic acids is 1. The number of methoxy groups -OCH3 is 1. The third-order valence-corrected chi connectivity index (χ3v) is 4.08. The number of carbonyl (C=O) groups is 1. The number of pyridine rings is 1. The van der Waals surface area contributed by atoms with E-state index < -0.39 is 0 Å². The Morgan fingerprint density at radius 1 is 1.17 bits per heavy atom. The highest BCUT2D eigenvalue weighted by atomic mass is 16.5. The van der Waals surface area contributed by atoms with Gasteiger partial charge in [-0.25, -0.2) is 0 Å². The van der Waals surface area contributed by atoms with Gasteiger partial charge in [0.25, 0.3) is 5.91 Å². The van der Waals surface area contributed by atoms with Crippen molar-refractivity contribution in [1.29, 1.82) is 0 Å². The number of nitrogens with one attached hydrogen (secondary N) is 1. The molecule has 4 nitrogen and oxygen atoms in total. The zero-order valence-electron chi connectivity index (χ0n) is 14.3. The zero-order chi connectivity index (χ0) is 16.8. The van der Waals surface area contributed by atoms with Crippen molar-refractivity contribution < 1.29 is 14.1 Å². The number of aromatic nitrogens is 1. The Balaban J connectivity index is 2.02. The quantitative estimate of drug-likeness (QED) is 0.833. The molecule has 2 aromatic rings. The smallest absolute Gasteiger partial charge is 0.289 e. The fourth-order valence-corrected chi connectivity index (χ4v) is 2.47. The highest BCUT2D eigenvalue weighted by Crippen LogP contribution is 2.11. The number of rotatable bonds is 6. The van der Waals surface area contributed by atoms with E-state index >= 15 is 0 Å². The third-order valence-electron chi connectivity index (χ3n) is 4.08. The van der Waals surface area contributed by atoms with Crippen molar-refractivity contribution in [3.8, 4) is 5.75 Å². The summed E-state index contributed by atoms with van der Waals surface area (Å²) in [5.41, 5.74) is 3.36. The van der Waals surface area contributed by atoms with Crippen LogP contribution < -0.4 is 14.6 Å². The molecule has 0 saturated heterocycles. The highest BCUT2D eigenvalue weighted by molar-refractivity contribution is 5.78. The van der Waals surface area contributed by atoms with Crippen LogP contribution in [0.2, 0.25) is 0 Å². The molecule has 0 unspecified atom stereocenters. The second kappa shape index (κ2) is 7.77. The van der Waals surface area contributed by atoms with Crippen molar-refractivity contribution in [2.24, 2.45) is 0 Å². The first kappa shape index (κ1) is 17.0. The Morgan fingerprint density at radius 2 is 1.83 bits per heavy atom. The Morgan fingerprint density at radius 3 is 2.43 bits per heavy atom. The lowest BCUT2D eigenvalue weighted by Crippen LogP contribution is -2.48. The highest BCUT2D eigenvalue weighted by Gasteiger charge is 2.24. The summed E-state index contributed by atoms with van der Waals surface area (Å²) in [4.78, 5) is 12.4. The van der Waals surface area contributed by atoms with E-state index in [0.717, 1.165) is 23.4 Å². The fraction of sp³-hybridized carbons (Fsp3) is 0.368. The summed E-state index contributed by atoms with van der Waals surface area (Å²) in [6, 6.07) is 11.6. The van der Waals surface area contributed by atoms with Gasteiger partial charge in [0, 0.05) is 32.0 Å². The van der Waals surface area contributed by atoms with Gasteiger partial charge in [0.2, 0.25) is 6.04 Å². The summed E-state index contributed by atoms with van der Waals surface area (Å²) in [6.45, 7) is 6.58. The van der Waals surface area contributed by atoms with E-state index in [1.807, 2.05) is 42.7 Å². The Hall–Kier alpha value is -2.36. The van der Waals surface area contributed by atoms with Crippen molar-refractivity contribution in [3.63, 3.8) is 0 Å². The van der Waals surface area contributed by atoms with E-state index in [2.05, 4.69) is 30.6 Å². The summed E-state index contributed by atoms with van der Waals surface area (Å²) in [7, 11) is 1.64. The molecule has 0 bridgehead atoms. The number of amides is 1. The second-order valence-corrected chi connectivity index (χ2v) is 5.68. The maximum Gasteiger partial charge on any atom is 0.289 e. The molecule has 1 amide bonds. The van der Waals surface area contributed by atoms with E-state index in [9.17, 15) is 4.79 Å². The summed E-state index contributed by atoms with van der Waals surface area (Å²) in [6.07, 6.45) is 3.02. The van der Waals surface area contributed by atoms with Crippen LogP contribution in [0.25, 0.3) is 0 Å². The van der Waals surface area contributed by atoms with Crippen LogP contribution in [-0.2, 0) is 17.8 Å². The van der Waals surface area contributed by atoms with Crippen molar-refractivity contribution in [1.82, 2.24) is 5.32 Å². The van der Waals surface area contributed by atoms with Crippen LogP contribution >= 0.6 is 0 Å². The van der Waals surface area contributed by atoms with Crippen LogP contribution in [0.5, 0.6) is 5.75 Å². The lowest BCUT2D eigenvalue weighted by Gasteiger charge is -2.11. The topological polar surface area (TPSA) is 42.2 Å². The van der Waals surface area contributed by atoms with Gasteiger partial charge in [-0.15, -0.1) is 0 Å². The molecule has 0 fully saturated rings. The first-order chi connectivity index (χ1) is 11.0. The van der Waals surface area contributed by atoms with Gasteiger partial charge in [0.1, 0.15) is 5.75 Å². The molecular formula is C19H25N2O2+. The van der Waals surface area contributed by atoms with Gasteiger partial charge >= 0.3 is 0 Å². The third kappa shape index (κ3) is 4.31. The monoisotopic (exact) mass is 313 g/mol. The van der Waals surface area contributed by atoms with Crippen LogP contribution in [0.1, 0.15) is 36.7 Å². The van der Waals surface area contributed by atoms with Gasteiger partial charge in [-0.3, -0.25) is 4.79 Å². The maximum absolute atomic E-state index is 12.4. The maximum atomic E-state index is 12.4. The average Bonchev–Trinajstić information content (AvgIpc) is 2.60. The summed E-state index contributed by atoms with van der Waals surface area (Å²) in [5, 5.41) is 3.00. The molecule has 1 aromatic heterocycles. The number of aryl methyl sites for hydroxylation is 2. The molecule has 0 aliphatic heterocycles. The predicted octanol–water partition coefficient (Wildman–Crippen LogP) is 2.73. The molecular weight excluding hydrogens is 288 g/mol. The summed E-state index contributed by atoms with van der Waals surface area (Å²) < 4.78 is 7.17. The number of hydrogen-bond acceptors (Lipinski definition) is 2. The lowest BCUT2D eigenvalue weighted by molar-refractivity contribution is -0.712. The van der Waals surface area contributed by atoms with Crippen molar-refractivity contribution >= 4 is 5.91 Å². The molecule has 1 aromatic carbocycles. The van der Waals surface area contributed by atoms with E-state index in [0.29, 0.717) is 6.54 Å². The number of hydrogen-bond donors (Lipinski definition) is 1. The largest absolute Gasteiger partial charge is 0.497 e. The summed E-state index contributed by atoms with van der Waals surface area (Å²) in [5.74, 6) is 0.832. The first-order valence-corrected chi connectivity index (χ1v) is 7.96. The standard InChI is InChI=1S/C19H24N2O2/c1-5-16-7-6-14(2)21(13-16)15(3)19(22)20-12-17-8-10-18(23-4)11-9-17/h6-11,13,15H,5,12H2,1-4H3/p+1/t15-/m1/s1. The minimum atomic E-state index is -0.236. The minimum Gasteiger partial charge on any atom is -0.497 e. The number of ether oxygens (including phenoxy) is 1. The molecule has 0 aliphatic carbocycles. The number of benzene rings is 1. The second-order valence-electron chi connectivity index (χ2n) is 5.68. The normalized spacial score (nSPS) is 11.8. The molecule has 1 heterocycles. The molecule has 23 heavy (non-hydrogen) atoms. The number of nitrogens with zero attached hydrogens (tertiary/aromatic N) is 1. The lowest BCUT2D eigenvalue weighted by atomic mass is 10.1. The first-order valence-electron chi connectivity index (χ1n) is 7.96. The average molecular weight is 313 g/mol. The Labute approximate surface area is 138 Å². The van der Waals surface area contributed by atoms with Crippen LogP contribution in [0.4, 0.5) is 0 Å². The van der Waals surface area contributed by atoms with Crippen LogP contribution in [-0.4, -0.2) is 13.0 Å². The molecule has 1 N–H and O–H groups in total. The minimum absolute atomic E-state index is 0.0159. The molecule has 4 heteroatoms. The van der Waals surface area contributed by atoms with Gasteiger partial charge in [-0.1, -0.05) is 19.1 Å². The Kier molecular flexibility index (Phi) is 5.74. The van der Waals surface area contributed by atoms with Gasteiger partial charge in [-0.2, -0.15) is 4.57 Å². The SMILES string of the molecule is CCc1ccc(C)[n+]([C@H](C)C(=O)NCc2ccc(OC)cc2)c1. The van der Waals surface area contributed by atoms with Gasteiger partial charge in [-0.05, 0) is 30.2 Å².